The molecular weight excluding hydrogens is 252 g/mol. The minimum atomic E-state index is -1.27. The summed E-state index contributed by atoms with van der Waals surface area (Å²) in [5.74, 6) is -1.56. The predicted molar refractivity (Wildman–Crippen MR) is 72.9 cm³/mol. The van der Waals surface area contributed by atoms with E-state index in [4.69, 9.17) is 20.4 Å². The second kappa shape index (κ2) is 14.7. The van der Waals surface area contributed by atoms with Gasteiger partial charge in [-0.1, -0.05) is 34.3 Å². The summed E-state index contributed by atoms with van der Waals surface area (Å²) in [6.07, 6.45) is -0.505. The van der Waals surface area contributed by atoms with Gasteiger partial charge in [0.1, 0.15) is 0 Å². The molecule has 0 aromatic carbocycles. The van der Waals surface area contributed by atoms with Crippen molar-refractivity contribution in [2.45, 2.75) is 34.1 Å². The second-order valence-electron chi connectivity index (χ2n) is 4.63. The van der Waals surface area contributed by atoms with E-state index in [-0.39, 0.29) is 5.57 Å². The molecule has 0 bridgehead atoms. The van der Waals surface area contributed by atoms with Gasteiger partial charge in [0.25, 0.3) is 0 Å². The van der Waals surface area contributed by atoms with Gasteiger partial charge < -0.3 is 20.4 Å². The smallest absolute Gasteiger partial charge is 0.331 e. The van der Waals surface area contributed by atoms with Crippen molar-refractivity contribution in [3.05, 3.63) is 12.2 Å². The topological polar surface area (TPSA) is 115 Å². The number of aliphatic carboxylic acids is 2. The summed E-state index contributed by atoms with van der Waals surface area (Å²) < 4.78 is 0. The van der Waals surface area contributed by atoms with E-state index in [1.54, 1.807) is 0 Å². The molecule has 0 aromatic rings. The average molecular weight is 278 g/mol. The first-order valence-electron chi connectivity index (χ1n) is 5.92. The van der Waals surface area contributed by atoms with E-state index < -0.39 is 18.4 Å². The Morgan fingerprint density at radius 2 is 1.21 bits per heavy atom. The molecule has 0 amide bonds. The molecule has 4 N–H and O–H groups in total. The van der Waals surface area contributed by atoms with Crippen molar-refractivity contribution >= 4 is 11.9 Å². The van der Waals surface area contributed by atoms with Gasteiger partial charge in [0.05, 0.1) is 6.42 Å². The molecule has 19 heavy (non-hydrogen) atoms. The Balaban J connectivity index is -0.000000219. The number of rotatable bonds is 5. The van der Waals surface area contributed by atoms with Crippen LogP contribution in [0.5, 0.6) is 0 Å². The van der Waals surface area contributed by atoms with Crippen LogP contribution >= 0.6 is 0 Å². The average Bonchev–Trinajstić information content (AvgIpc) is 2.29. The van der Waals surface area contributed by atoms with Crippen LogP contribution in [0.1, 0.15) is 34.1 Å². The van der Waals surface area contributed by atoms with Crippen molar-refractivity contribution in [1.29, 1.82) is 0 Å². The highest BCUT2D eigenvalue weighted by Crippen LogP contribution is 1.95. The van der Waals surface area contributed by atoms with Gasteiger partial charge in [-0.15, -0.1) is 0 Å². The van der Waals surface area contributed by atoms with E-state index in [1.807, 2.05) is 27.7 Å². The van der Waals surface area contributed by atoms with Gasteiger partial charge in [-0.2, -0.15) is 0 Å². The molecule has 0 aromatic heterocycles. The third-order valence-electron chi connectivity index (χ3n) is 1.40. The molecule has 0 fully saturated rings. The number of hydrogen-bond donors (Lipinski definition) is 4. The number of aliphatic hydroxyl groups is 2. The highest BCUT2D eigenvalue weighted by molar-refractivity contribution is 5.91. The molecule has 0 aliphatic heterocycles. The molecule has 0 saturated heterocycles. The molecule has 0 radical (unpaired) electrons. The highest BCUT2D eigenvalue weighted by Gasteiger charge is 2.07. The van der Waals surface area contributed by atoms with Crippen molar-refractivity contribution in [3.63, 3.8) is 0 Å². The van der Waals surface area contributed by atoms with E-state index in [2.05, 4.69) is 6.58 Å². The Bertz CT molecular complexity index is 250. The zero-order valence-electron chi connectivity index (χ0n) is 12.1. The fourth-order valence-electron chi connectivity index (χ4n) is 0.258. The molecule has 6 nitrogen and oxygen atoms in total. The Hall–Kier alpha value is -1.40. The van der Waals surface area contributed by atoms with E-state index >= 15 is 0 Å². The maximum atomic E-state index is 9.87. The molecule has 0 atom stereocenters. The molecule has 0 saturated carbocycles. The maximum Gasteiger partial charge on any atom is 0.331 e. The van der Waals surface area contributed by atoms with Crippen LogP contribution in [0.2, 0.25) is 0 Å². The van der Waals surface area contributed by atoms with Crippen LogP contribution in [0.4, 0.5) is 0 Å². The van der Waals surface area contributed by atoms with Crippen molar-refractivity contribution in [3.8, 4) is 0 Å². The quantitative estimate of drug-likeness (QED) is 0.565. The van der Waals surface area contributed by atoms with Crippen LogP contribution in [0.25, 0.3) is 0 Å². The maximum absolute atomic E-state index is 9.87. The van der Waals surface area contributed by atoms with Gasteiger partial charge >= 0.3 is 11.9 Å². The Morgan fingerprint density at radius 1 is 0.947 bits per heavy atom. The lowest BCUT2D eigenvalue weighted by atomic mass is 10.2. The van der Waals surface area contributed by atoms with Gasteiger partial charge in [-0.25, -0.2) is 4.79 Å². The van der Waals surface area contributed by atoms with Crippen molar-refractivity contribution < 1.29 is 30.0 Å². The zero-order valence-corrected chi connectivity index (χ0v) is 12.1. The van der Waals surface area contributed by atoms with E-state index in [0.717, 1.165) is 0 Å². The lowest BCUT2D eigenvalue weighted by Crippen LogP contribution is -2.04. The van der Waals surface area contributed by atoms with Crippen molar-refractivity contribution in [2.24, 2.45) is 11.8 Å². The summed E-state index contributed by atoms with van der Waals surface area (Å²) in [6, 6.07) is 0. The summed E-state index contributed by atoms with van der Waals surface area (Å²) in [5, 5.41) is 32.4. The van der Waals surface area contributed by atoms with Crippen LogP contribution in [-0.4, -0.2) is 45.6 Å². The number of carboxylic acids is 2. The SMILES string of the molecule is C=C(CC(=O)O)C(=O)O.CC(C)CO.CC(C)CO. The molecule has 0 spiro atoms. The summed E-state index contributed by atoms with van der Waals surface area (Å²) in [4.78, 5) is 19.7. The number of aliphatic hydroxyl groups excluding tert-OH is 2. The van der Waals surface area contributed by atoms with Gasteiger partial charge in [0.2, 0.25) is 0 Å². The van der Waals surface area contributed by atoms with Gasteiger partial charge in [-0.05, 0) is 11.8 Å². The second-order valence-corrected chi connectivity index (χ2v) is 4.63. The fourth-order valence-corrected chi connectivity index (χ4v) is 0.258. The third-order valence-corrected chi connectivity index (χ3v) is 1.40. The molecular formula is C13H26O6. The van der Waals surface area contributed by atoms with Gasteiger partial charge in [-0.3, -0.25) is 4.79 Å². The summed E-state index contributed by atoms with van der Waals surface area (Å²) in [7, 11) is 0. The number of carboxylic acid groups (broad SMARTS) is 2. The first-order chi connectivity index (χ1) is 8.58. The van der Waals surface area contributed by atoms with Crippen molar-refractivity contribution in [1.82, 2.24) is 0 Å². The summed E-state index contributed by atoms with van der Waals surface area (Å²) in [5.41, 5.74) is -0.303. The molecule has 0 unspecified atom stereocenters. The normalized spacial score (nSPS) is 9.05. The Kier molecular flexibility index (Phi) is 17.6. The van der Waals surface area contributed by atoms with Crippen LogP contribution in [0.15, 0.2) is 12.2 Å². The van der Waals surface area contributed by atoms with Crippen LogP contribution < -0.4 is 0 Å². The Morgan fingerprint density at radius 3 is 1.26 bits per heavy atom. The third kappa shape index (κ3) is 31.5. The van der Waals surface area contributed by atoms with Crippen LogP contribution in [0, 0.1) is 11.8 Å². The van der Waals surface area contributed by atoms with E-state index in [9.17, 15) is 9.59 Å². The van der Waals surface area contributed by atoms with Gasteiger partial charge in [0, 0.05) is 18.8 Å². The first kappa shape index (κ1) is 22.8. The molecule has 0 aliphatic carbocycles. The molecule has 0 aliphatic rings. The first-order valence-corrected chi connectivity index (χ1v) is 5.92. The minimum absolute atomic E-state index is 0.303. The largest absolute Gasteiger partial charge is 0.481 e. The summed E-state index contributed by atoms with van der Waals surface area (Å²) in [6.45, 7) is 11.5. The van der Waals surface area contributed by atoms with Crippen LogP contribution in [0.3, 0.4) is 0 Å². The Labute approximate surface area is 114 Å². The fraction of sp³-hybridized carbons (Fsp3) is 0.692. The standard InChI is InChI=1S/C5H6O4.2C4H10O/c1-3(5(8)9)2-4(6)7;2*1-4(2)3-5/h1-2H2,(H,6,7)(H,8,9);2*4-5H,3H2,1-2H3. The minimum Gasteiger partial charge on any atom is -0.481 e. The van der Waals surface area contributed by atoms with E-state index in [0.29, 0.717) is 25.0 Å². The molecule has 0 rings (SSSR count). The monoisotopic (exact) mass is 278 g/mol. The molecule has 0 heterocycles. The summed E-state index contributed by atoms with van der Waals surface area (Å²) >= 11 is 0. The molecule has 6 heteroatoms. The number of carbonyl (C=O) groups is 2. The van der Waals surface area contributed by atoms with E-state index in [1.165, 1.54) is 0 Å². The molecule has 114 valence electrons. The van der Waals surface area contributed by atoms with Crippen molar-refractivity contribution in [2.75, 3.05) is 13.2 Å². The number of hydrogen-bond acceptors (Lipinski definition) is 4. The zero-order chi connectivity index (χ0) is 16.0. The lowest BCUT2D eigenvalue weighted by molar-refractivity contribution is -0.139. The van der Waals surface area contributed by atoms with Crippen LogP contribution in [-0.2, 0) is 9.59 Å². The highest BCUT2D eigenvalue weighted by atomic mass is 16.4. The predicted octanol–water partition coefficient (Wildman–Crippen LogP) is 1.37. The van der Waals surface area contributed by atoms with Gasteiger partial charge in [0.15, 0.2) is 0 Å². The lowest BCUT2D eigenvalue weighted by Gasteiger charge is -1.91.